The van der Waals surface area contributed by atoms with Crippen LogP contribution in [0.15, 0.2) is 95.9 Å². The average Bonchev–Trinajstić information content (AvgIpc) is 3.04. The highest BCUT2D eigenvalue weighted by atomic mass is 35.5. The van der Waals surface area contributed by atoms with Crippen LogP contribution in [0.25, 0.3) is 0 Å². The highest BCUT2D eigenvalue weighted by Crippen LogP contribution is 2.30. The van der Waals surface area contributed by atoms with Gasteiger partial charge in [0.15, 0.2) is 0 Å². The molecule has 2 atom stereocenters. The average molecular weight is 695 g/mol. The zero-order chi connectivity index (χ0) is 34.3. The molecule has 0 aromatic heterocycles. The minimum Gasteiger partial charge on any atom is -0.352 e. The Morgan fingerprint density at radius 2 is 1.55 bits per heavy atom. The maximum Gasteiger partial charge on any atom is 0.264 e. The fraction of sp³-hybridized carbons (Fsp3) is 0.297. The molecule has 0 aliphatic heterocycles. The quantitative estimate of drug-likeness (QED) is 0.156. The van der Waals surface area contributed by atoms with Crippen molar-refractivity contribution in [2.75, 3.05) is 10.8 Å². The summed E-state index contributed by atoms with van der Waals surface area (Å²) >= 11 is 12.8. The first-order valence-electron chi connectivity index (χ1n) is 15.5. The Morgan fingerprint density at radius 3 is 2.19 bits per heavy atom. The zero-order valence-electron chi connectivity index (χ0n) is 27.3. The summed E-state index contributed by atoms with van der Waals surface area (Å²) in [6, 6.07) is 25.1. The molecule has 2 amide bonds. The first kappa shape index (κ1) is 36.0. The molecule has 4 rings (SSSR count). The molecule has 4 aromatic carbocycles. The van der Waals surface area contributed by atoms with Gasteiger partial charge in [0.1, 0.15) is 12.6 Å². The Hall–Kier alpha value is -3.85. The van der Waals surface area contributed by atoms with Gasteiger partial charge in [0.05, 0.1) is 10.6 Å². The van der Waals surface area contributed by atoms with E-state index in [0.717, 1.165) is 26.6 Å². The lowest BCUT2D eigenvalue weighted by Gasteiger charge is -2.35. The molecule has 0 saturated heterocycles. The Morgan fingerprint density at radius 1 is 0.872 bits per heavy atom. The third kappa shape index (κ3) is 8.95. The van der Waals surface area contributed by atoms with Crippen LogP contribution in [-0.4, -0.2) is 43.8 Å². The number of rotatable bonds is 13. The molecule has 47 heavy (non-hydrogen) atoms. The molecule has 4 aromatic rings. The first-order valence-corrected chi connectivity index (χ1v) is 17.7. The van der Waals surface area contributed by atoms with Crippen molar-refractivity contribution in [3.05, 3.63) is 129 Å². The van der Waals surface area contributed by atoms with E-state index in [-0.39, 0.29) is 29.8 Å². The fourth-order valence-corrected chi connectivity index (χ4v) is 7.12. The second-order valence-corrected chi connectivity index (χ2v) is 14.5. The molecule has 7 nitrogen and oxygen atoms in total. The predicted molar refractivity (Wildman–Crippen MR) is 190 cm³/mol. The van der Waals surface area contributed by atoms with Gasteiger partial charge in [0, 0.05) is 29.1 Å². The molecule has 10 heteroatoms. The molecule has 0 saturated carbocycles. The number of nitrogens with one attached hydrogen (secondary N) is 1. The summed E-state index contributed by atoms with van der Waals surface area (Å²) in [5, 5.41) is 3.80. The zero-order valence-corrected chi connectivity index (χ0v) is 29.7. The number of hydrogen-bond acceptors (Lipinski definition) is 4. The Kier molecular flexibility index (Phi) is 12.1. The van der Waals surface area contributed by atoms with E-state index in [9.17, 15) is 18.0 Å². The maximum atomic E-state index is 14.7. The second kappa shape index (κ2) is 15.8. The summed E-state index contributed by atoms with van der Waals surface area (Å²) in [6.07, 6.45) is 0.893. The van der Waals surface area contributed by atoms with E-state index in [4.69, 9.17) is 23.2 Å². The molecule has 0 aliphatic carbocycles. The van der Waals surface area contributed by atoms with E-state index in [1.165, 1.54) is 17.0 Å². The van der Waals surface area contributed by atoms with Crippen molar-refractivity contribution < 1.29 is 18.0 Å². The van der Waals surface area contributed by atoms with Crippen LogP contribution in [0.5, 0.6) is 0 Å². The Labute approximate surface area is 288 Å². The number of sulfonamides is 1. The summed E-state index contributed by atoms with van der Waals surface area (Å²) in [6.45, 7) is 8.86. The molecule has 0 fully saturated rings. The largest absolute Gasteiger partial charge is 0.352 e. The predicted octanol–water partition coefficient (Wildman–Crippen LogP) is 7.67. The van der Waals surface area contributed by atoms with Gasteiger partial charge in [-0.3, -0.25) is 13.9 Å². The number of amides is 2. The number of hydrogen-bond donors (Lipinski definition) is 1. The second-order valence-electron chi connectivity index (χ2n) is 11.8. The summed E-state index contributed by atoms with van der Waals surface area (Å²) in [5.41, 5.74) is 4.29. The van der Waals surface area contributed by atoms with Crippen LogP contribution in [0, 0.1) is 20.8 Å². The van der Waals surface area contributed by atoms with Gasteiger partial charge in [0.2, 0.25) is 11.8 Å². The topological polar surface area (TPSA) is 86.8 Å². The van der Waals surface area contributed by atoms with E-state index in [2.05, 4.69) is 5.32 Å². The molecule has 0 aliphatic rings. The van der Waals surface area contributed by atoms with Gasteiger partial charge in [0.25, 0.3) is 10.0 Å². The highest BCUT2D eigenvalue weighted by Gasteiger charge is 2.35. The van der Waals surface area contributed by atoms with Crippen molar-refractivity contribution in [2.24, 2.45) is 0 Å². The Bertz CT molecular complexity index is 1820. The lowest BCUT2D eigenvalue weighted by molar-refractivity contribution is -0.140. The van der Waals surface area contributed by atoms with Crippen molar-refractivity contribution in [3.8, 4) is 0 Å². The summed E-state index contributed by atoms with van der Waals surface area (Å²) in [7, 11) is -4.21. The van der Waals surface area contributed by atoms with Gasteiger partial charge in [-0.2, -0.15) is 0 Å². The lowest BCUT2D eigenvalue weighted by atomic mass is 10.0. The van der Waals surface area contributed by atoms with Crippen molar-refractivity contribution in [3.63, 3.8) is 0 Å². The van der Waals surface area contributed by atoms with E-state index < -0.39 is 28.5 Å². The van der Waals surface area contributed by atoms with Crippen LogP contribution in [0.4, 0.5) is 5.69 Å². The number of carbonyl (C=O) groups is 2. The molecule has 0 bridgehead atoms. The summed E-state index contributed by atoms with van der Waals surface area (Å²) < 4.78 is 29.8. The summed E-state index contributed by atoms with van der Waals surface area (Å²) in [4.78, 5) is 30.2. The fourth-order valence-electron chi connectivity index (χ4n) is 5.19. The van der Waals surface area contributed by atoms with Crippen molar-refractivity contribution in [2.45, 2.75) is 71.0 Å². The van der Waals surface area contributed by atoms with Gasteiger partial charge in [-0.15, -0.1) is 0 Å². The van der Waals surface area contributed by atoms with Crippen molar-refractivity contribution in [1.82, 2.24) is 10.2 Å². The first-order chi connectivity index (χ1) is 22.3. The molecule has 248 valence electrons. The molecule has 0 unspecified atom stereocenters. The molecule has 1 N–H and O–H groups in total. The number of carbonyl (C=O) groups excluding carboxylic acids is 2. The van der Waals surface area contributed by atoms with Crippen LogP contribution in [0.1, 0.15) is 48.1 Å². The van der Waals surface area contributed by atoms with Gasteiger partial charge in [-0.1, -0.05) is 96.4 Å². The number of aryl methyl sites for hydroxylation is 2. The molecular formula is C37H41Cl2N3O4S. The number of benzene rings is 4. The lowest BCUT2D eigenvalue weighted by Crippen LogP contribution is -2.54. The van der Waals surface area contributed by atoms with Crippen LogP contribution in [-0.2, 0) is 32.6 Å². The highest BCUT2D eigenvalue weighted by molar-refractivity contribution is 7.92. The molecule has 0 heterocycles. The van der Waals surface area contributed by atoms with E-state index >= 15 is 0 Å². The Balaban J connectivity index is 1.86. The van der Waals surface area contributed by atoms with Crippen molar-refractivity contribution >= 4 is 50.7 Å². The standard InChI is InChI=1S/C37H41Cl2N3O4S/c1-6-27(4)40-37(44)35(21-29-12-8-7-9-13-29)41(23-30-17-18-31(38)22-33(30)39)36(43)24-42(34-14-10-11-26(3)28(34)5)47(45,46)32-19-15-25(2)16-20-32/h7-20,22,27,35H,6,21,23-24H2,1-5H3,(H,40,44)/t27-,35+/m0/s1. The van der Waals surface area contributed by atoms with Crippen LogP contribution >= 0.6 is 23.2 Å². The minimum absolute atomic E-state index is 0.0501. The van der Waals surface area contributed by atoms with Crippen LogP contribution in [0.3, 0.4) is 0 Å². The van der Waals surface area contributed by atoms with E-state index in [1.54, 1.807) is 42.5 Å². The van der Waals surface area contributed by atoms with Gasteiger partial charge >= 0.3 is 0 Å². The number of nitrogens with zero attached hydrogens (tertiary/aromatic N) is 2. The third-order valence-corrected chi connectivity index (χ3v) is 10.7. The third-order valence-electron chi connectivity index (χ3n) is 8.36. The van der Waals surface area contributed by atoms with Crippen LogP contribution in [0.2, 0.25) is 10.0 Å². The molecule has 0 radical (unpaired) electrons. The van der Waals surface area contributed by atoms with E-state index in [0.29, 0.717) is 27.7 Å². The molecule has 0 spiro atoms. The van der Waals surface area contributed by atoms with Crippen molar-refractivity contribution in [1.29, 1.82) is 0 Å². The smallest absolute Gasteiger partial charge is 0.264 e. The SMILES string of the molecule is CC[C@H](C)NC(=O)[C@@H](Cc1ccccc1)N(Cc1ccc(Cl)cc1Cl)C(=O)CN(c1cccc(C)c1C)S(=O)(=O)c1ccc(C)cc1. The summed E-state index contributed by atoms with van der Waals surface area (Å²) in [5.74, 6) is -0.908. The molecular weight excluding hydrogens is 653 g/mol. The van der Waals surface area contributed by atoms with Crippen LogP contribution < -0.4 is 9.62 Å². The van der Waals surface area contributed by atoms with Gasteiger partial charge in [-0.05, 0) is 86.7 Å². The van der Waals surface area contributed by atoms with Gasteiger partial charge in [-0.25, -0.2) is 8.42 Å². The van der Waals surface area contributed by atoms with E-state index in [1.807, 2.05) is 71.0 Å². The monoisotopic (exact) mass is 693 g/mol. The normalized spacial score (nSPS) is 12.7. The minimum atomic E-state index is -4.21. The van der Waals surface area contributed by atoms with Gasteiger partial charge < -0.3 is 10.2 Å². The number of anilines is 1. The maximum absolute atomic E-state index is 14.7. The number of halogens is 2.